The summed E-state index contributed by atoms with van der Waals surface area (Å²) >= 11 is 0. The fourth-order valence-electron chi connectivity index (χ4n) is 10.6. The van der Waals surface area contributed by atoms with Gasteiger partial charge in [-0.1, -0.05) is 77.9 Å². The second kappa shape index (κ2) is 24.1. The van der Waals surface area contributed by atoms with Crippen LogP contribution in [0.25, 0.3) is 0 Å². The van der Waals surface area contributed by atoms with Gasteiger partial charge in [0.15, 0.2) is 19.7 Å². The van der Waals surface area contributed by atoms with Gasteiger partial charge < -0.3 is 52.3 Å². The van der Waals surface area contributed by atoms with Crippen molar-refractivity contribution < 1.29 is 55.2 Å². The number of benzene rings is 3. The van der Waals surface area contributed by atoms with Crippen molar-refractivity contribution in [3.63, 3.8) is 0 Å². The Hall–Kier alpha value is -6.76. The van der Waals surface area contributed by atoms with Crippen LogP contribution < -0.4 is 42.5 Å². The number of carbonyl (C=O) groups excluding carboxylic acids is 8. The fraction of sp³-hybridized carbons (Fsp3) is 0.536. The molecule has 8 amide bonds. The average Bonchev–Trinajstić information content (AvgIpc) is 4.09. The lowest BCUT2D eigenvalue weighted by Gasteiger charge is -2.36. The minimum absolute atomic E-state index is 0.0259. The van der Waals surface area contributed by atoms with E-state index in [0.29, 0.717) is 11.1 Å². The molecule has 434 valence electrons. The molecule has 24 heteroatoms. The van der Waals surface area contributed by atoms with Gasteiger partial charge in [0, 0.05) is 36.3 Å². The third-order valence-electron chi connectivity index (χ3n) is 15.5. The Bertz CT molecular complexity index is 2920. The van der Waals surface area contributed by atoms with Gasteiger partial charge in [-0.15, -0.1) is 0 Å². The summed E-state index contributed by atoms with van der Waals surface area (Å²) in [4.78, 5) is 115. The van der Waals surface area contributed by atoms with Crippen molar-refractivity contribution in [3.8, 4) is 0 Å². The summed E-state index contributed by atoms with van der Waals surface area (Å²) in [6.07, 6.45) is 0.147. The Balaban J connectivity index is 1.08. The van der Waals surface area contributed by atoms with E-state index in [1.165, 1.54) is 46.2 Å². The quantitative estimate of drug-likeness (QED) is 0.101. The van der Waals surface area contributed by atoms with Crippen molar-refractivity contribution >= 4 is 66.9 Å². The number of nitrogens with zero attached hydrogens (tertiary/aromatic N) is 2. The van der Waals surface area contributed by atoms with Crippen LogP contribution in [0.1, 0.15) is 125 Å². The summed E-state index contributed by atoms with van der Waals surface area (Å²) in [6.45, 7) is 13.7. The van der Waals surface area contributed by atoms with Gasteiger partial charge in [-0.3, -0.25) is 38.4 Å². The van der Waals surface area contributed by atoms with E-state index in [-0.39, 0.29) is 71.2 Å². The molecule has 0 radical (unpaired) electrons. The number of likely N-dealkylation sites (tertiary alicyclic amines) is 2. The molecule has 0 aromatic heterocycles. The topological polar surface area (TPSA) is 308 Å². The van der Waals surface area contributed by atoms with Gasteiger partial charge in [-0.25, -0.2) is 16.8 Å². The van der Waals surface area contributed by atoms with Gasteiger partial charge in [0.05, 0.1) is 45.5 Å². The lowest BCUT2D eigenvalue weighted by Crippen LogP contribution is -2.59. The van der Waals surface area contributed by atoms with Crippen molar-refractivity contribution in [2.75, 3.05) is 38.7 Å². The third-order valence-corrected chi connectivity index (χ3v) is 19.2. The Morgan fingerprint density at radius 1 is 0.512 bits per heavy atom. The number of amides is 8. The van der Waals surface area contributed by atoms with Crippen molar-refractivity contribution in [1.29, 1.82) is 0 Å². The van der Waals surface area contributed by atoms with E-state index in [1.807, 2.05) is 0 Å². The highest BCUT2D eigenvalue weighted by atomic mass is 32.2. The van der Waals surface area contributed by atoms with Crippen LogP contribution in [0.5, 0.6) is 0 Å². The maximum Gasteiger partial charge on any atom is 0.251 e. The second-order valence-corrected chi connectivity index (χ2v) is 27.6. The normalized spacial score (nSPS) is 23.6. The van der Waals surface area contributed by atoms with E-state index in [4.69, 9.17) is 0 Å². The van der Waals surface area contributed by atoms with Crippen molar-refractivity contribution in [1.82, 2.24) is 52.3 Å². The first-order valence-electron chi connectivity index (χ1n) is 27.0. The molecule has 0 bridgehead atoms. The molecule has 10 atom stereocenters. The molecule has 0 unspecified atom stereocenters. The summed E-state index contributed by atoms with van der Waals surface area (Å²) < 4.78 is 51.8. The number of hydrogen-bond donors (Lipinski definition) is 8. The van der Waals surface area contributed by atoms with E-state index in [0.717, 1.165) is 0 Å². The number of rotatable bonds is 16. The predicted octanol–water partition coefficient (Wildman–Crippen LogP) is 1.43. The third kappa shape index (κ3) is 13.5. The zero-order valence-electron chi connectivity index (χ0n) is 47.0. The number of nitrogens with one attached hydrogen (secondary N) is 8. The molecule has 4 aliphatic rings. The highest BCUT2D eigenvalue weighted by molar-refractivity contribution is 7.91. The van der Waals surface area contributed by atoms with Crippen LogP contribution in [-0.4, -0.2) is 161 Å². The summed E-state index contributed by atoms with van der Waals surface area (Å²) in [5, 5.41) is 23.2. The molecule has 3 aromatic rings. The van der Waals surface area contributed by atoms with Crippen molar-refractivity contribution in [2.45, 2.75) is 151 Å². The van der Waals surface area contributed by atoms with E-state index in [2.05, 4.69) is 42.5 Å². The van der Waals surface area contributed by atoms with E-state index in [9.17, 15) is 55.2 Å². The first-order chi connectivity index (χ1) is 37.4. The number of hydrogen-bond acceptors (Lipinski definition) is 14. The van der Waals surface area contributed by atoms with Gasteiger partial charge in [0.2, 0.25) is 35.4 Å². The van der Waals surface area contributed by atoms with Gasteiger partial charge in [-0.2, -0.15) is 0 Å². The SMILES string of the molecule is CN[C@@H](C)C(=O)N[C@H](C(=O)N1C[C@@H](NC(=O)c2ccc(C(=O)N[C@H]3C[C@@H](C(=O)N[C@@H]4CCS(=O)(=O)c5ccccc54)N(C(=O)[C@@H](NC(=O)[C@H](C)NC)C(C)(C)C)C3)cc2)C[C@H]1C(=O)N[C@@H]1CCS(=O)(=O)c2ccccc21)C(C)(C)C. The number of carbonyl (C=O) groups is 8. The summed E-state index contributed by atoms with van der Waals surface area (Å²) in [5.74, 6) is -4.67. The monoisotopic (exact) mass is 1140 g/mol. The van der Waals surface area contributed by atoms with E-state index >= 15 is 0 Å². The number of fused-ring (bicyclic) bond motifs is 2. The summed E-state index contributed by atoms with van der Waals surface area (Å²) in [6, 6.07) is 9.91. The first kappa shape index (κ1) is 60.9. The van der Waals surface area contributed by atoms with Crippen LogP contribution in [0, 0.1) is 10.8 Å². The standard InChI is InChI=1S/C56H76N10O12S2/c1-31(57-9)47(67)63-45(55(3,4)5)53(73)65-29-35(27-41(65)51(71)61-39-23-25-79(75,76)43-17-13-11-15-37(39)43)59-49(69)33-19-21-34(22-20-33)50(70)60-36-28-42(52(72)62-40-24-26-80(77,78)44-18-14-12-16-38(40)44)66(30-36)54(74)46(56(6,7)8)64-48(68)32(2)58-10/h11-22,31-32,35-36,39-42,45-46,57-58H,23-30H2,1-10H3,(H,59,69)(H,60,70)(H,61,71)(H,62,72)(H,63,67)(H,64,68)/t31-,32-,35-,36-,39+,40+,41-,42-,45+,46+/m0/s1. The van der Waals surface area contributed by atoms with Gasteiger partial charge in [0.1, 0.15) is 24.2 Å². The van der Waals surface area contributed by atoms with Crippen molar-refractivity contribution in [2.24, 2.45) is 10.8 Å². The Kier molecular flexibility index (Phi) is 18.4. The van der Waals surface area contributed by atoms with Crippen LogP contribution in [0.4, 0.5) is 0 Å². The molecule has 2 fully saturated rings. The van der Waals surface area contributed by atoms with Crippen LogP contribution in [0.3, 0.4) is 0 Å². The molecule has 4 heterocycles. The molecule has 8 N–H and O–H groups in total. The molecule has 4 aliphatic heterocycles. The van der Waals surface area contributed by atoms with Crippen LogP contribution in [0.2, 0.25) is 0 Å². The van der Waals surface area contributed by atoms with Gasteiger partial charge in [-0.05, 0) is 112 Å². The highest BCUT2D eigenvalue weighted by Crippen LogP contribution is 2.35. The largest absolute Gasteiger partial charge is 0.347 e. The van der Waals surface area contributed by atoms with Crippen LogP contribution in [-0.2, 0) is 48.4 Å². The Morgan fingerprint density at radius 3 is 1.18 bits per heavy atom. The molecule has 3 aromatic carbocycles. The smallest absolute Gasteiger partial charge is 0.251 e. The molecular formula is C56H76N10O12S2. The molecule has 7 rings (SSSR count). The summed E-state index contributed by atoms with van der Waals surface area (Å²) in [5.41, 5.74) is -0.518. The zero-order chi connectivity index (χ0) is 58.8. The zero-order valence-corrected chi connectivity index (χ0v) is 48.6. The lowest BCUT2D eigenvalue weighted by molar-refractivity contribution is -0.144. The molecule has 22 nitrogen and oxygen atoms in total. The molecular weight excluding hydrogens is 1070 g/mol. The molecule has 2 saturated heterocycles. The van der Waals surface area contributed by atoms with Gasteiger partial charge in [0.25, 0.3) is 11.8 Å². The highest BCUT2D eigenvalue weighted by Gasteiger charge is 2.48. The van der Waals surface area contributed by atoms with Crippen molar-refractivity contribution in [3.05, 3.63) is 95.1 Å². The number of likely N-dealkylation sites (N-methyl/N-ethyl adjacent to an activating group) is 2. The maximum absolute atomic E-state index is 14.6. The van der Waals surface area contributed by atoms with E-state index in [1.54, 1.807) is 106 Å². The number of sulfone groups is 2. The molecule has 0 saturated carbocycles. The minimum Gasteiger partial charge on any atom is -0.347 e. The van der Waals surface area contributed by atoms with E-state index < -0.39 is 138 Å². The maximum atomic E-state index is 14.6. The lowest BCUT2D eigenvalue weighted by atomic mass is 9.85. The second-order valence-electron chi connectivity index (χ2n) is 23.5. The average molecular weight is 1150 g/mol. The Labute approximate surface area is 468 Å². The van der Waals surface area contributed by atoms with Gasteiger partial charge >= 0.3 is 0 Å². The summed E-state index contributed by atoms with van der Waals surface area (Å²) in [7, 11) is -3.95. The molecule has 0 aliphatic carbocycles. The first-order valence-corrected chi connectivity index (χ1v) is 30.3. The molecule has 80 heavy (non-hydrogen) atoms. The fourth-order valence-corrected chi connectivity index (χ4v) is 13.9. The predicted molar refractivity (Wildman–Crippen MR) is 297 cm³/mol. The van der Waals surface area contributed by atoms with Crippen LogP contribution in [0.15, 0.2) is 82.6 Å². The van der Waals surface area contributed by atoms with Crippen LogP contribution >= 0.6 is 0 Å². The Morgan fingerprint density at radius 2 is 0.850 bits per heavy atom. The molecule has 0 spiro atoms. The minimum atomic E-state index is -3.58.